The molecule has 1 rings (SSSR count). The Balaban J connectivity index is 2.63. The lowest BCUT2D eigenvalue weighted by Crippen LogP contribution is -2.28. The first-order valence-corrected chi connectivity index (χ1v) is 7.77. The van der Waals surface area contributed by atoms with Crippen molar-refractivity contribution in [3.05, 3.63) is 11.4 Å². The average Bonchev–Trinajstić information content (AvgIpc) is 2.46. The van der Waals surface area contributed by atoms with Gasteiger partial charge in [-0.3, -0.25) is 0 Å². The summed E-state index contributed by atoms with van der Waals surface area (Å²) in [5, 5.41) is 3.41. The Kier molecular flexibility index (Phi) is 7.39. The normalized spacial score (nSPS) is 11.2. The third-order valence-electron chi connectivity index (χ3n) is 3.66. The van der Waals surface area contributed by atoms with Crippen LogP contribution < -0.4 is 16.6 Å². The predicted octanol–water partition coefficient (Wildman–Crippen LogP) is 2.17. The van der Waals surface area contributed by atoms with E-state index in [9.17, 15) is 0 Å². The number of nitrogens with zero attached hydrogens (tertiary/aromatic N) is 3. The van der Waals surface area contributed by atoms with Gasteiger partial charge >= 0.3 is 0 Å². The van der Waals surface area contributed by atoms with Crippen molar-refractivity contribution in [1.82, 2.24) is 14.9 Å². The zero-order valence-electron chi connectivity index (χ0n) is 14.0. The fourth-order valence-corrected chi connectivity index (χ4v) is 2.00. The molecule has 1 heterocycles. The molecular weight excluding hydrogens is 264 g/mol. The van der Waals surface area contributed by atoms with Gasteiger partial charge in [0.15, 0.2) is 0 Å². The SMILES string of the molecule is CCCc1nc(NN)c(C)c(NCCCN(C)C(C)C)n1. The van der Waals surface area contributed by atoms with Crippen LogP contribution in [-0.2, 0) is 6.42 Å². The quantitative estimate of drug-likeness (QED) is 0.368. The van der Waals surface area contributed by atoms with Crippen molar-refractivity contribution in [3.63, 3.8) is 0 Å². The topological polar surface area (TPSA) is 79.1 Å². The molecule has 0 aliphatic heterocycles. The minimum absolute atomic E-state index is 0.579. The third-order valence-corrected chi connectivity index (χ3v) is 3.66. The average molecular weight is 294 g/mol. The molecule has 1 aromatic rings. The number of rotatable bonds is 9. The van der Waals surface area contributed by atoms with Crippen LogP contribution in [0.15, 0.2) is 0 Å². The monoisotopic (exact) mass is 294 g/mol. The van der Waals surface area contributed by atoms with Crippen LogP contribution >= 0.6 is 0 Å². The number of nitrogens with two attached hydrogens (primary N) is 1. The largest absolute Gasteiger partial charge is 0.370 e. The van der Waals surface area contributed by atoms with Crippen LogP contribution in [0.1, 0.15) is 45.0 Å². The Morgan fingerprint density at radius 3 is 2.48 bits per heavy atom. The lowest BCUT2D eigenvalue weighted by molar-refractivity contribution is 0.273. The molecule has 0 radical (unpaired) electrons. The maximum Gasteiger partial charge on any atom is 0.148 e. The highest BCUT2D eigenvalue weighted by molar-refractivity contribution is 5.56. The van der Waals surface area contributed by atoms with E-state index in [-0.39, 0.29) is 0 Å². The molecule has 0 aliphatic carbocycles. The van der Waals surface area contributed by atoms with Gasteiger partial charge < -0.3 is 15.6 Å². The number of nitrogen functional groups attached to an aromatic ring is 1. The highest BCUT2D eigenvalue weighted by atomic mass is 15.3. The van der Waals surface area contributed by atoms with Crippen molar-refractivity contribution < 1.29 is 0 Å². The molecule has 0 saturated heterocycles. The summed E-state index contributed by atoms with van der Waals surface area (Å²) in [7, 11) is 2.15. The second kappa shape index (κ2) is 8.79. The van der Waals surface area contributed by atoms with Crippen molar-refractivity contribution in [2.75, 3.05) is 30.9 Å². The van der Waals surface area contributed by atoms with E-state index in [0.717, 1.165) is 49.6 Å². The third kappa shape index (κ3) is 5.47. The molecule has 0 unspecified atom stereocenters. The van der Waals surface area contributed by atoms with Crippen molar-refractivity contribution >= 4 is 11.6 Å². The molecule has 0 aliphatic rings. The molecule has 4 N–H and O–H groups in total. The van der Waals surface area contributed by atoms with Crippen LogP contribution in [0.5, 0.6) is 0 Å². The number of nitrogens with one attached hydrogen (secondary N) is 2. The Morgan fingerprint density at radius 1 is 1.24 bits per heavy atom. The van der Waals surface area contributed by atoms with Gasteiger partial charge in [0.1, 0.15) is 17.5 Å². The van der Waals surface area contributed by atoms with Crippen molar-refractivity contribution in [1.29, 1.82) is 0 Å². The van der Waals surface area contributed by atoms with E-state index < -0.39 is 0 Å². The summed E-state index contributed by atoms with van der Waals surface area (Å²) in [5.74, 6) is 7.96. The number of aromatic nitrogens is 2. The van der Waals surface area contributed by atoms with Crippen LogP contribution in [0.25, 0.3) is 0 Å². The summed E-state index contributed by atoms with van der Waals surface area (Å²) < 4.78 is 0. The van der Waals surface area contributed by atoms with Gasteiger partial charge in [-0.05, 0) is 47.2 Å². The summed E-state index contributed by atoms with van der Waals surface area (Å²) in [4.78, 5) is 11.4. The molecular formula is C15H30N6. The van der Waals surface area contributed by atoms with E-state index in [1.54, 1.807) is 0 Å². The zero-order valence-corrected chi connectivity index (χ0v) is 14.0. The fourth-order valence-electron chi connectivity index (χ4n) is 2.00. The maximum absolute atomic E-state index is 5.54. The van der Waals surface area contributed by atoms with Gasteiger partial charge in [-0.25, -0.2) is 15.8 Å². The smallest absolute Gasteiger partial charge is 0.148 e. The van der Waals surface area contributed by atoms with E-state index in [0.29, 0.717) is 11.9 Å². The molecule has 21 heavy (non-hydrogen) atoms. The van der Waals surface area contributed by atoms with E-state index >= 15 is 0 Å². The van der Waals surface area contributed by atoms with Crippen LogP contribution in [-0.4, -0.2) is 41.0 Å². The molecule has 1 aromatic heterocycles. The van der Waals surface area contributed by atoms with Gasteiger partial charge in [-0.15, -0.1) is 0 Å². The van der Waals surface area contributed by atoms with Crippen molar-refractivity contribution in [2.24, 2.45) is 5.84 Å². The second-order valence-electron chi connectivity index (χ2n) is 5.71. The van der Waals surface area contributed by atoms with Gasteiger partial charge in [0, 0.05) is 24.6 Å². The van der Waals surface area contributed by atoms with Crippen LogP contribution in [0, 0.1) is 6.92 Å². The summed E-state index contributed by atoms with van der Waals surface area (Å²) in [6.45, 7) is 10.5. The molecule has 0 fully saturated rings. The lowest BCUT2D eigenvalue weighted by Gasteiger charge is -2.21. The number of hydrogen-bond acceptors (Lipinski definition) is 6. The summed E-state index contributed by atoms with van der Waals surface area (Å²) in [5.41, 5.74) is 3.63. The van der Waals surface area contributed by atoms with Crippen molar-refractivity contribution in [3.8, 4) is 0 Å². The van der Waals surface area contributed by atoms with Crippen LogP contribution in [0.3, 0.4) is 0 Å². The summed E-state index contributed by atoms with van der Waals surface area (Å²) >= 11 is 0. The van der Waals surface area contributed by atoms with Gasteiger partial charge in [0.25, 0.3) is 0 Å². The molecule has 6 nitrogen and oxygen atoms in total. The van der Waals surface area contributed by atoms with Gasteiger partial charge in [0.05, 0.1) is 0 Å². The maximum atomic E-state index is 5.54. The molecule has 6 heteroatoms. The van der Waals surface area contributed by atoms with Gasteiger partial charge in [-0.2, -0.15) is 0 Å². The highest BCUT2D eigenvalue weighted by Crippen LogP contribution is 2.19. The van der Waals surface area contributed by atoms with E-state index in [2.05, 4.69) is 53.4 Å². The number of hydrogen-bond donors (Lipinski definition) is 3. The number of aryl methyl sites for hydroxylation is 1. The van der Waals surface area contributed by atoms with Crippen molar-refractivity contribution in [2.45, 2.75) is 53.0 Å². The first kappa shape index (κ1) is 17.7. The molecule has 0 spiro atoms. The standard InChI is InChI=1S/C15H30N6/c1-6-8-13-18-14(12(4)15(19-13)20-16)17-9-7-10-21(5)11(2)3/h11H,6-10,16H2,1-5H3,(H2,17,18,19,20). The summed E-state index contributed by atoms with van der Waals surface area (Å²) in [6.07, 6.45) is 2.96. The Hall–Kier alpha value is -1.40. The number of hydrazine groups is 1. The predicted molar refractivity (Wildman–Crippen MR) is 89.4 cm³/mol. The molecule has 0 aromatic carbocycles. The minimum atomic E-state index is 0.579. The molecule has 0 atom stereocenters. The Morgan fingerprint density at radius 2 is 1.90 bits per heavy atom. The molecule has 0 amide bonds. The fraction of sp³-hybridized carbons (Fsp3) is 0.733. The van der Waals surface area contributed by atoms with Crippen LogP contribution in [0.4, 0.5) is 11.6 Å². The first-order valence-electron chi connectivity index (χ1n) is 7.77. The van der Waals surface area contributed by atoms with E-state index in [4.69, 9.17) is 5.84 Å². The highest BCUT2D eigenvalue weighted by Gasteiger charge is 2.10. The lowest BCUT2D eigenvalue weighted by atomic mass is 10.2. The van der Waals surface area contributed by atoms with E-state index in [1.165, 1.54) is 0 Å². The van der Waals surface area contributed by atoms with Gasteiger partial charge in [-0.1, -0.05) is 6.92 Å². The summed E-state index contributed by atoms with van der Waals surface area (Å²) in [6, 6.07) is 0.579. The van der Waals surface area contributed by atoms with E-state index in [1.807, 2.05) is 6.92 Å². The molecule has 120 valence electrons. The Labute approximate surface area is 128 Å². The molecule has 0 saturated carbocycles. The van der Waals surface area contributed by atoms with Gasteiger partial charge in [0.2, 0.25) is 0 Å². The first-order chi connectivity index (χ1) is 9.99. The number of anilines is 2. The van der Waals surface area contributed by atoms with Crippen LogP contribution in [0.2, 0.25) is 0 Å². The Bertz CT molecular complexity index is 432. The minimum Gasteiger partial charge on any atom is -0.370 e. The second-order valence-corrected chi connectivity index (χ2v) is 5.71. The molecule has 0 bridgehead atoms. The zero-order chi connectivity index (χ0) is 15.8.